The Hall–Kier alpha value is -1.12. The van der Waals surface area contributed by atoms with Crippen molar-refractivity contribution in [3.63, 3.8) is 0 Å². The molecule has 1 unspecified atom stereocenters. The normalized spacial score (nSPS) is 19.0. The summed E-state index contributed by atoms with van der Waals surface area (Å²) < 4.78 is 0. The number of hydrogen-bond acceptors (Lipinski definition) is 2. The predicted molar refractivity (Wildman–Crippen MR) is 88.5 cm³/mol. The second kappa shape index (κ2) is 4.69. The SMILES string of the molecule is CC(C)(C)c1ccc(C(C)(C)O)c2c1C=CC2C(C)(C)O. The smallest absolute Gasteiger partial charge is 0.0843 e. The second-order valence-electron chi connectivity index (χ2n) is 8.29. The van der Waals surface area contributed by atoms with Crippen LogP contribution in [0.25, 0.3) is 6.08 Å². The molecule has 1 aromatic rings. The van der Waals surface area contributed by atoms with E-state index < -0.39 is 11.2 Å². The molecule has 0 spiro atoms. The first kappa shape index (κ1) is 16.3. The summed E-state index contributed by atoms with van der Waals surface area (Å²) in [7, 11) is 0. The van der Waals surface area contributed by atoms with Crippen molar-refractivity contribution < 1.29 is 10.2 Å². The third-order valence-corrected chi connectivity index (χ3v) is 4.28. The highest BCUT2D eigenvalue weighted by Crippen LogP contribution is 2.46. The highest BCUT2D eigenvalue weighted by molar-refractivity contribution is 5.70. The number of hydrogen-bond donors (Lipinski definition) is 2. The Kier molecular flexibility index (Phi) is 3.63. The largest absolute Gasteiger partial charge is 0.390 e. The molecule has 1 atom stereocenters. The van der Waals surface area contributed by atoms with E-state index >= 15 is 0 Å². The molecule has 0 bridgehead atoms. The third-order valence-electron chi connectivity index (χ3n) is 4.28. The summed E-state index contributed by atoms with van der Waals surface area (Å²) >= 11 is 0. The van der Waals surface area contributed by atoms with Crippen LogP contribution in [0.1, 0.15) is 76.6 Å². The minimum Gasteiger partial charge on any atom is -0.390 e. The molecule has 2 N–H and O–H groups in total. The Balaban J connectivity index is 2.76. The fraction of sp³-hybridized carbons (Fsp3) is 0.579. The van der Waals surface area contributed by atoms with E-state index in [9.17, 15) is 10.2 Å². The van der Waals surface area contributed by atoms with Crippen LogP contribution in [0.5, 0.6) is 0 Å². The Bertz CT molecular complexity index is 575. The van der Waals surface area contributed by atoms with Gasteiger partial charge in [0.05, 0.1) is 11.2 Å². The molecule has 2 heteroatoms. The molecular formula is C19H28O2. The van der Waals surface area contributed by atoms with Crippen LogP contribution in [0.4, 0.5) is 0 Å². The van der Waals surface area contributed by atoms with Gasteiger partial charge in [-0.15, -0.1) is 0 Å². The molecule has 1 aromatic carbocycles. The van der Waals surface area contributed by atoms with Gasteiger partial charge in [-0.25, -0.2) is 0 Å². The molecule has 0 aromatic heterocycles. The zero-order valence-electron chi connectivity index (χ0n) is 14.3. The van der Waals surface area contributed by atoms with Gasteiger partial charge in [0, 0.05) is 5.92 Å². The van der Waals surface area contributed by atoms with E-state index in [0.29, 0.717) is 0 Å². The Morgan fingerprint density at radius 2 is 1.38 bits per heavy atom. The van der Waals surface area contributed by atoms with Crippen molar-refractivity contribution in [1.82, 2.24) is 0 Å². The average molecular weight is 288 g/mol. The third kappa shape index (κ3) is 2.93. The predicted octanol–water partition coefficient (Wildman–Crippen LogP) is 4.09. The molecule has 1 aliphatic rings. The van der Waals surface area contributed by atoms with Gasteiger partial charge in [-0.2, -0.15) is 0 Å². The summed E-state index contributed by atoms with van der Waals surface area (Å²) in [4.78, 5) is 0. The molecular weight excluding hydrogens is 260 g/mol. The van der Waals surface area contributed by atoms with Gasteiger partial charge < -0.3 is 10.2 Å². The van der Waals surface area contributed by atoms with Crippen molar-refractivity contribution in [2.75, 3.05) is 0 Å². The van der Waals surface area contributed by atoms with Crippen LogP contribution in [-0.4, -0.2) is 15.8 Å². The van der Waals surface area contributed by atoms with Gasteiger partial charge in [0.1, 0.15) is 0 Å². The van der Waals surface area contributed by atoms with Crippen molar-refractivity contribution in [3.8, 4) is 0 Å². The molecule has 116 valence electrons. The summed E-state index contributed by atoms with van der Waals surface area (Å²) in [5.74, 6) is -0.0868. The zero-order chi connectivity index (χ0) is 16.2. The molecule has 0 saturated heterocycles. The standard InChI is InChI=1S/C19H28O2/c1-17(2,3)13-10-11-15(19(6,7)21)16-12(13)8-9-14(16)18(4,5)20/h8-11,14,20-21H,1-7H3. The van der Waals surface area contributed by atoms with E-state index in [1.807, 2.05) is 19.9 Å². The van der Waals surface area contributed by atoms with Crippen LogP contribution in [0, 0.1) is 0 Å². The Morgan fingerprint density at radius 1 is 0.857 bits per heavy atom. The molecule has 0 radical (unpaired) electrons. The van der Waals surface area contributed by atoms with Crippen LogP contribution in [-0.2, 0) is 11.0 Å². The molecule has 2 nitrogen and oxygen atoms in total. The first-order valence-corrected chi connectivity index (χ1v) is 7.64. The van der Waals surface area contributed by atoms with Crippen molar-refractivity contribution in [2.45, 2.75) is 71.0 Å². The minimum atomic E-state index is -0.921. The molecule has 2 rings (SSSR count). The number of benzene rings is 1. The van der Waals surface area contributed by atoms with Crippen LogP contribution in [0.3, 0.4) is 0 Å². The lowest BCUT2D eigenvalue weighted by Gasteiger charge is -2.33. The number of rotatable bonds is 2. The van der Waals surface area contributed by atoms with E-state index in [0.717, 1.165) is 16.7 Å². The maximum Gasteiger partial charge on any atom is 0.0843 e. The Labute approximate surface area is 128 Å². The summed E-state index contributed by atoms with van der Waals surface area (Å²) in [5.41, 5.74) is 2.66. The molecule has 0 aliphatic heterocycles. The summed E-state index contributed by atoms with van der Waals surface area (Å²) in [5, 5.41) is 21.0. The first-order chi connectivity index (χ1) is 9.33. The van der Waals surface area contributed by atoms with E-state index in [4.69, 9.17) is 0 Å². The van der Waals surface area contributed by atoms with Gasteiger partial charge >= 0.3 is 0 Å². The maximum absolute atomic E-state index is 10.5. The highest BCUT2D eigenvalue weighted by Gasteiger charge is 2.37. The fourth-order valence-corrected chi connectivity index (χ4v) is 3.22. The average Bonchev–Trinajstić information content (AvgIpc) is 2.67. The van der Waals surface area contributed by atoms with Gasteiger partial charge in [0.2, 0.25) is 0 Å². The van der Waals surface area contributed by atoms with Crippen molar-refractivity contribution in [2.24, 2.45) is 0 Å². The summed E-state index contributed by atoms with van der Waals surface area (Å²) in [6, 6.07) is 4.13. The van der Waals surface area contributed by atoms with E-state index in [1.54, 1.807) is 13.8 Å². The quantitative estimate of drug-likeness (QED) is 0.860. The lowest BCUT2D eigenvalue weighted by Crippen LogP contribution is -2.30. The Morgan fingerprint density at radius 3 is 1.81 bits per heavy atom. The molecule has 21 heavy (non-hydrogen) atoms. The van der Waals surface area contributed by atoms with Crippen LogP contribution in [0.2, 0.25) is 0 Å². The molecule has 0 amide bonds. The number of fused-ring (bicyclic) bond motifs is 1. The van der Waals surface area contributed by atoms with Gasteiger partial charge in [-0.1, -0.05) is 45.1 Å². The summed E-state index contributed by atoms with van der Waals surface area (Å²) in [6.45, 7) is 13.8. The van der Waals surface area contributed by atoms with E-state index in [-0.39, 0.29) is 11.3 Å². The fourth-order valence-electron chi connectivity index (χ4n) is 3.22. The van der Waals surface area contributed by atoms with E-state index in [2.05, 4.69) is 39.0 Å². The monoisotopic (exact) mass is 288 g/mol. The van der Waals surface area contributed by atoms with Gasteiger partial charge in [0.25, 0.3) is 0 Å². The van der Waals surface area contributed by atoms with Gasteiger partial charge in [-0.3, -0.25) is 0 Å². The molecule has 1 aliphatic carbocycles. The molecule has 0 heterocycles. The van der Waals surface area contributed by atoms with Crippen LogP contribution >= 0.6 is 0 Å². The topological polar surface area (TPSA) is 40.5 Å². The van der Waals surface area contributed by atoms with Crippen LogP contribution in [0.15, 0.2) is 18.2 Å². The van der Waals surface area contributed by atoms with Crippen molar-refractivity contribution in [1.29, 1.82) is 0 Å². The van der Waals surface area contributed by atoms with E-state index in [1.165, 1.54) is 5.56 Å². The van der Waals surface area contributed by atoms with Gasteiger partial charge in [-0.05, 0) is 55.4 Å². The number of aliphatic hydroxyl groups is 2. The van der Waals surface area contributed by atoms with Crippen LogP contribution < -0.4 is 0 Å². The molecule has 0 fully saturated rings. The minimum absolute atomic E-state index is 0.0288. The van der Waals surface area contributed by atoms with Crippen molar-refractivity contribution in [3.05, 3.63) is 40.5 Å². The molecule has 0 saturated carbocycles. The first-order valence-electron chi connectivity index (χ1n) is 7.64. The van der Waals surface area contributed by atoms with Gasteiger partial charge in [0.15, 0.2) is 0 Å². The maximum atomic E-state index is 10.5. The highest BCUT2D eigenvalue weighted by atomic mass is 16.3. The second-order valence-corrected chi connectivity index (χ2v) is 8.29. The summed E-state index contributed by atoms with van der Waals surface area (Å²) in [6.07, 6.45) is 4.17. The van der Waals surface area contributed by atoms with Crippen molar-refractivity contribution >= 4 is 6.08 Å². The lowest BCUT2D eigenvalue weighted by molar-refractivity contribution is 0.0580. The lowest BCUT2D eigenvalue weighted by atomic mass is 9.75. The zero-order valence-corrected chi connectivity index (χ0v) is 14.3.